The molecular weight excluding hydrogens is 561 g/mol. The first-order valence-electron chi connectivity index (χ1n) is 11.4. The normalized spacial score (nSPS) is 12.7. The van der Waals surface area contributed by atoms with E-state index in [0.29, 0.717) is 17.8 Å². The van der Waals surface area contributed by atoms with E-state index >= 15 is 0 Å². The van der Waals surface area contributed by atoms with E-state index in [4.69, 9.17) is 0 Å². The molecule has 15 heteroatoms. The van der Waals surface area contributed by atoms with Gasteiger partial charge in [-0.05, 0) is 48.4 Å². The second kappa shape index (κ2) is 13.5. The van der Waals surface area contributed by atoms with Crippen LogP contribution >= 0.6 is 0 Å². The fourth-order valence-corrected chi connectivity index (χ4v) is 2.91. The van der Waals surface area contributed by atoms with Crippen LogP contribution in [0.15, 0.2) is 48.5 Å². The summed E-state index contributed by atoms with van der Waals surface area (Å²) in [5.41, 5.74) is 1.38. The first kappa shape index (κ1) is 34.2. The van der Waals surface area contributed by atoms with Crippen LogP contribution in [0.4, 0.5) is 50.9 Å². The van der Waals surface area contributed by atoms with Gasteiger partial charge in [-0.2, -0.15) is 39.5 Å². The second-order valence-corrected chi connectivity index (χ2v) is 8.88. The van der Waals surface area contributed by atoms with Crippen molar-refractivity contribution in [3.8, 4) is 0 Å². The molecule has 1 amide bonds. The largest absolute Gasteiger partial charge is 0.458 e. The zero-order valence-corrected chi connectivity index (χ0v) is 21.6. The Morgan fingerprint density at radius 2 is 1.30 bits per heavy atom. The van der Waals surface area contributed by atoms with Crippen molar-refractivity contribution in [1.82, 2.24) is 5.32 Å². The summed E-state index contributed by atoms with van der Waals surface area (Å²) < 4.78 is 105. The number of hydrogen-bond donors (Lipinski definition) is 2. The van der Waals surface area contributed by atoms with Crippen molar-refractivity contribution in [3.05, 3.63) is 59.7 Å². The van der Waals surface area contributed by atoms with Gasteiger partial charge in [0.25, 0.3) is 5.91 Å². The van der Waals surface area contributed by atoms with Crippen LogP contribution in [0.25, 0.3) is 0 Å². The van der Waals surface area contributed by atoms with Gasteiger partial charge in [0, 0.05) is 43.6 Å². The minimum absolute atomic E-state index is 0.127. The summed E-state index contributed by atoms with van der Waals surface area (Å²) in [5, 5.41) is 6.11. The van der Waals surface area contributed by atoms with Crippen molar-refractivity contribution < 1.29 is 53.9 Å². The lowest BCUT2D eigenvalue weighted by atomic mass is 10.0. The molecule has 0 aliphatic rings. The molecular formula is C25H26F9N3O3. The van der Waals surface area contributed by atoms with Gasteiger partial charge in [-0.3, -0.25) is 14.4 Å². The number of nitrogens with one attached hydrogen (secondary N) is 2. The molecule has 2 N–H and O–H groups in total. The van der Waals surface area contributed by atoms with Crippen LogP contribution in [-0.2, 0) is 15.8 Å². The van der Waals surface area contributed by atoms with Gasteiger partial charge in [0.1, 0.15) is 0 Å². The number of benzene rings is 2. The third-order valence-corrected chi connectivity index (χ3v) is 5.20. The summed E-state index contributed by atoms with van der Waals surface area (Å²) in [6.45, 7) is 4.32. The van der Waals surface area contributed by atoms with E-state index in [1.807, 2.05) is 51.0 Å². The van der Waals surface area contributed by atoms with E-state index in [0.717, 1.165) is 17.8 Å². The van der Waals surface area contributed by atoms with Crippen molar-refractivity contribution in [2.75, 3.05) is 30.9 Å². The molecule has 0 saturated carbocycles. The smallest absolute Gasteiger partial charge is 0.380 e. The lowest BCUT2D eigenvalue weighted by molar-refractivity contribution is -0.193. The molecule has 0 aromatic heterocycles. The maximum Gasteiger partial charge on any atom is 0.458 e. The molecule has 0 saturated heterocycles. The highest BCUT2D eigenvalue weighted by Crippen LogP contribution is 2.30. The lowest BCUT2D eigenvalue weighted by Gasteiger charge is -2.24. The summed E-state index contributed by atoms with van der Waals surface area (Å²) >= 11 is 0. The molecule has 0 spiro atoms. The Labute approximate surface area is 223 Å². The second-order valence-electron chi connectivity index (χ2n) is 8.88. The Morgan fingerprint density at radius 1 is 0.800 bits per heavy atom. The summed E-state index contributed by atoms with van der Waals surface area (Å²) in [5.74, 6) is -6.84. The van der Waals surface area contributed by atoms with Crippen molar-refractivity contribution in [2.24, 2.45) is 5.92 Å². The van der Waals surface area contributed by atoms with Gasteiger partial charge < -0.3 is 15.5 Å². The topological polar surface area (TPSA) is 78.5 Å². The minimum atomic E-state index is -5.77. The van der Waals surface area contributed by atoms with Crippen LogP contribution in [0.2, 0.25) is 0 Å². The third-order valence-electron chi connectivity index (χ3n) is 5.20. The Morgan fingerprint density at radius 3 is 1.70 bits per heavy atom. The Balaban J connectivity index is 0.000000562. The SMILES string of the molecule is CC(C)[C@H](CNC(=O)c1cccc(N(C)C)c1)Nc1ccc(C(F)(F)F)cc1.O=C(C(=O)C(F)(F)F)C(F)(F)F. The fourth-order valence-electron chi connectivity index (χ4n) is 2.91. The van der Waals surface area contributed by atoms with E-state index in [1.165, 1.54) is 12.1 Å². The number of amides is 1. The maximum atomic E-state index is 12.7. The number of halogens is 9. The zero-order chi connectivity index (χ0) is 31.1. The number of rotatable bonds is 8. The third kappa shape index (κ3) is 10.8. The average molecular weight is 587 g/mol. The summed E-state index contributed by atoms with van der Waals surface area (Å²) in [6.07, 6.45) is -15.9. The van der Waals surface area contributed by atoms with Crippen molar-refractivity contribution in [2.45, 2.75) is 38.4 Å². The fraction of sp³-hybridized carbons (Fsp3) is 0.400. The molecule has 0 aliphatic carbocycles. The maximum absolute atomic E-state index is 12.7. The van der Waals surface area contributed by atoms with Crippen LogP contribution in [0, 0.1) is 5.92 Å². The molecule has 0 aliphatic heterocycles. The summed E-state index contributed by atoms with van der Waals surface area (Å²) in [6, 6.07) is 12.1. The summed E-state index contributed by atoms with van der Waals surface area (Å²) in [4.78, 5) is 33.6. The van der Waals surface area contributed by atoms with Gasteiger partial charge in [0.05, 0.1) is 5.56 Å². The van der Waals surface area contributed by atoms with Gasteiger partial charge in [0.2, 0.25) is 0 Å². The van der Waals surface area contributed by atoms with Crippen LogP contribution in [0.3, 0.4) is 0 Å². The Bertz CT molecular complexity index is 1130. The van der Waals surface area contributed by atoms with E-state index in [1.54, 1.807) is 6.07 Å². The molecule has 0 unspecified atom stereocenters. The monoisotopic (exact) mass is 587 g/mol. The molecule has 2 rings (SSSR count). The van der Waals surface area contributed by atoms with Gasteiger partial charge in [-0.1, -0.05) is 19.9 Å². The highest BCUT2D eigenvalue weighted by Gasteiger charge is 2.54. The van der Waals surface area contributed by atoms with Crippen molar-refractivity contribution in [1.29, 1.82) is 0 Å². The number of ketones is 2. The van der Waals surface area contributed by atoms with E-state index < -0.39 is 35.7 Å². The summed E-state index contributed by atoms with van der Waals surface area (Å²) in [7, 11) is 3.81. The number of carbonyl (C=O) groups is 3. The van der Waals surface area contributed by atoms with Crippen molar-refractivity contribution in [3.63, 3.8) is 0 Å². The molecule has 40 heavy (non-hydrogen) atoms. The molecule has 0 heterocycles. The van der Waals surface area contributed by atoms with Crippen LogP contribution < -0.4 is 15.5 Å². The molecule has 0 radical (unpaired) electrons. The van der Waals surface area contributed by atoms with E-state index in [2.05, 4.69) is 10.6 Å². The molecule has 2 aromatic carbocycles. The Hall–Kier alpha value is -3.78. The first-order chi connectivity index (χ1) is 18.1. The molecule has 1 atom stereocenters. The quantitative estimate of drug-likeness (QED) is 0.298. The minimum Gasteiger partial charge on any atom is -0.380 e. The highest BCUT2D eigenvalue weighted by molar-refractivity contribution is 6.41. The standard InChI is InChI=1S/C21H26F3N3O.C4F6O2/c1-14(2)19(26-17-10-8-16(9-11-17)21(22,23)24)13-25-20(28)15-6-5-7-18(12-15)27(3)4;5-3(6,7)1(11)2(12)4(8,9)10/h5-12,14,19,26H,13H2,1-4H3,(H,25,28);/t19-;/m0./s1. The number of alkyl halides is 9. The average Bonchev–Trinajstić information content (AvgIpc) is 2.84. The highest BCUT2D eigenvalue weighted by atomic mass is 19.4. The number of nitrogens with zero attached hydrogens (tertiary/aromatic N) is 1. The lowest BCUT2D eigenvalue weighted by Crippen LogP contribution is -2.39. The van der Waals surface area contributed by atoms with E-state index in [-0.39, 0.29) is 17.9 Å². The molecule has 2 aromatic rings. The predicted molar refractivity (Wildman–Crippen MR) is 129 cm³/mol. The van der Waals surface area contributed by atoms with Crippen LogP contribution in [0.1, 0.15) is 29.8 Å². The molecule has 6 nitrogen and oxygen atoms in total. The van der Waals surface area contributed by atoms with E-state index in [9.17, 15) is 53.9 Å². The predicted octanol–water partition coefficient (Wildman–Crippen LogP) is 5.89. The zero-order valence-electron chi connectivity index (χ0n) is 21.6. The number of hydrogen-bond acceptors (Lipinski definition) is 5. The van der Waals surface area contributed by atoms with Crippen LogP contribution in [0.5, 0.6) is 0 Å². The molecule has 0 bridgehead atoms. The van der Waals surface area contributed by atoms with Crippen molar-refractivity contribution >= 4 is 28.8 Å². The van der Waals surface area contributed by atoms with Gasteiger partial charge in [0.15, 0.2) is 0 Å². The van der Waals surface area contributed by atoms with Gasteiger partial charge in [-0.15, -0.1) is 0 Å². The molecule has 222 valence electrons. The van der Waals surface area contributed by atoms with Gasteiger partial charge in [-0.25, -0.2) is 0 Å². The Kier molecular flexibility index (Phi) is 11.6. The number of carbonyl (C=O) groups excluding carboxylic acids is 3. The van der Waals surface area contributed by atoms with Crippen LogP contribution in [-0.4, -0.2) is 56.5 Å². The first-order valence-corrected chi connectivity index (χ1v) is 11.4. The molecule has 0 fully saturated rings. The number of anilines is 2. The number of Topliss-reactive ketones (excluding diaryl/α,β-unsaturated/α-hetero) is 2. The van der Waals surface area contributed by atoms with Gasteiger partial charge >= 0.3 is 30.1 Å².